The molecule has 0 atom stereocenters. The summed E-state index contributed by atoms with van der Waals surface area (Å²) in [6.07, 6.45) is 0.506. The summed E-state index contributed by atoms with van der Waals surface area (Å²) in [6, 6.07) is 6.73. The van der Waals surface area contributed by atoms with Crippen LogP contribution < -0.4 is 4.90 Å². The van der Waals surface area contributed by atoms with Gasteiger partial charge in [0.2, 0.25) is 5.13 Å². The zero-order chi connectivity index (χ0) is 14.3. The molecule has 8 heteroatoms. The van der Waals surface area contributed by atoms with Gasteiger partial charge in [-0.2, -0.15) is 0 Å². The highest BCUT2D eigenvalue weighted by Crippen LogP contribution is 2.35. The molecule has 0 unspecified atom stereocenters. The fraction of sp³-hybridized carbons (Fsp3) is 0. The second kappa shape index (κ2) is 4.69. The number of fused-ring (bicyclic) bond motifs is 1. The third kappa shape index (κ3) is 1.71. The van der Waals surface area contributed by atoms with Crippen LogP contribution in [0.2, 0.25) is 4.34 Å². The van der Waals surface area contributed by atoms with Gasteiger partial charge in [0.25, 0.3) is 5.91 Å². The normalized spacial score (nSPS) is 15.8. The molecule has 0 bridgehead atoms. The van der Waals surface area contributed by atoms with Gasteiger partial charge in [0.1, 0.15) is 10.0 Å². The molecule has 0 saturated carbocycles. The number of thiazole rings is 1. The number of aldehydes is 1. The Morgan fingerprint density at radius 2 is 2.05 bits per heavy atom. The SMILES string of the molecule is O=Cc1nc(N2C(=O)c3ccccc3C2=NO)sc1Cl. The van der Waals surface area contributed by atoms with Gasteiger partial charge in [-0.25, -0.2) is 9.88 Å². The van der Waals surface area contributed by atoms with E-state index < -0.39 is 0 Å². The van der Waals surface area contributed by atoms with Crippen LogP contribution >= 0.6 is 22.9 Å². The number of benzene rings is 1. The summed E-state index contributed by atoms with van der Waals surface area (Å²) in [5, 5.41) is 12.5. The predicted molar refractivity (Wildman–Crippen MR) is 74.1 cm³/mol. The van der Waals surface area contributed by atoms with E-state index in [2.05, 4.69) is 10.1 Å². The van der Waals surface area contributed by atoms with Gasteiger partial charge in [-0.05, 0) is 6.07 Å². The van der Waals surface area contributed by atoms with Crippen LogP contribution in [0.1, 0.15) is 26.4 Å². The van der Waals surface area contributed by atoms with Crippen molar-refractivity contribution >= 4 is 46.1 Å². The minimum absolute atomic E-state index is 0.0488. The van der Waals surface area contributed by atoms with E-state index in [4.69, 9.17) is 16.8 Å². The van der Waals surface area contributed by atoms with Crippen molar-refractivity contribution < 1.29 is 14.8 Å². The molecule has 20 heavy (non-hydrogen) atoms. The van der Waals surface area contributed by atoms with Gasteiger partial charge in [0, 0.05) is 5.56 Å². The van der Waals surface area contributed by atoms with Gasteiger partial charge in [-0.3, -0.25) is 9.59 Å². The summed E-state index contributed by atoms with van der Waals surface area (Å²) in [5.41, 5.74) is 0.950. The molecule has 1 N–H and O–H groups in total. The van der Waals surface area contributed by atoms with Gasteiger partial charge in [0.15, 0.2) is 12.1 Å². The fourth-order valence-corrected chi connectivity index (χ4v) is 3.01. The number of amidine groups is 1. The zero-order valence-electron chi connectivity index (χ0n) is 9.78. The summed E-state index contributed by atoms with van der Waals surface area (Å²) in [4.78, 5) is 28.2. The average molecular weight is 308 g/mol. The van der Waals surface area contributed by atoms with E-state index in [0.29, 0.717) is 17.4 Å². The van der Waals surface area contributed by atoms with Crippen molar-refractivity contribution in [2.24, 2.45) is 5.16 Å². The van der Waals surface area contributed by atoms with Gasteiger partial charge < -0.3 is 5.21 Å². The predicted octanol–water partition coefficient (Wildman–Crippen LogP) is 2.41. The summed E-state index contributed by atoms with van der Waals surface area (Å²) in [7, 11) is 0. The van der Waals surface area contributed by atoms with Crippen LogP contribution in [0, 0.1) is 0 Å². The summed E-state index contributed by atoms with van der Waals surface area (Å²) in [6.45, 7) is 0. The first-order chi connectivity index (χ1) is 9.67. The van der Waals surface area contributed by atoms with Crippen LogP contribution in [0.15, 0.2) is 29.4 Å². The Kier molecular flexibility index (Phi) is 3.00. The fourth-order valence-electron chi connectivity index (χ4n) is 1.95. The van der Waals surface area contributed by atoms with E-state index in [1.165, 1.54) is 0 Å². The van der Waals surface area contributed by atoms with Gasteiger partial charge in [-0.1, -0.05) is 46.3 Å². The van der Waals surface area contributed by atoms with Crippen molar-refractivity contribution in [2.75, 3.05) is 4.90 Å². The van der Waals surface area contributed by atoms with Gasteiger partial charge >= 0.3 is 0 Å². The molecule has 6 nitrogen and oxygen atoms in total. The number of halogens is 1. The van der Waals surface area contributed by atoms with Crippen molar-refractivity contribution in [2.45, 2.75) is 0 Å². The number of oxime groups is 1. The molecule has 1 aromatic carbocycles. The minimum atomic E-state index is -0.378. The second-order valence-electron chi connectivity index (χ2n) is 3.88. The molecule has 3 rings (SSSR count). The van der Waals surface area contributed by atoms with E-state index in [1.807, 2.05) is 0 Å². The molecular weight excluding hydrogens is 302 g/mol. The van der Waals surface area contributed by atoms with Crippen molar-refractivity contribution in [3.05, 3.63) is 45.4 Å². The minimum Gasteiger partial charge on any atom is -0.409 e. The number of amides is 1. The lowest BCUT2D eigenvalue weighted by Gasteiger charge is -2.11. The van der Waals surface area contributed by atoms with E-state index in [1.54, 1.807) is 24.3 Å². The average Bonchev–Trinajstić information content (AvgIpc) is 2.97. The Labute approximate surface area is 121 Å². The molecule has 0 saturated heterocycles. The Hall–Kier alpha value is -2.25. The van der Waals surface area contributed by atoms with Crippen molar-refractivity contribution in [3.63, 3.8) is 0 Å². The molecule has 1 aliphatic rings. The lowest BCUT2D eigenvalue weighted by atomic mass is 10.1. The maximum Gasteiger partial charge on any atom is 0.266 e. The van der Waals surface area contributed by atoms with E-state index >= 15 is 0 Å². The standard InChI is InChI=1S/C12H6ClN3O3S/c13-9-8(5-17)14-12(20-9)16-10(15-19)6-3-1-2-4-7(6)11(16)18/h1-5,19H. The van der Waals surface area contributed by atoms with Crippen LogP contribution in [0.5, 0.6) is 0 Å². The number of hydrogen-bond acceptors (Lipinski definition) is 6. The van der Waals surface area contributed by atoms with Gasteiger partial charge in [0.05, 0.1) is 5.56 Å². The van der Waals surface area contributed by atoms with E-state index in [-0.39, 0.29) is 26.9 Å². The molecule has 0 fully saturated rings. The highest BCUT2D eigenvalue weighted by atomic mass is 35.5. The molecule has 1 amide bonds. The molecule has 0 radical (unpaired) electrons. The Bertz CT molecular complexity index is 756. The zero-order valence-corrected chi connectivity index (χ0v) is 11.4. The molecule has 1 aromatic heterocycles. The van der Waals surface area contributed by atoms with Crippen LogP contribution in [0.4, 0.5) is 5.13 Å². The van der Waals surface area contributed by atoms with Crippen LogP contribution in [0.3, 0.4) is 0 Å². The molecule has 100 valence electrons. The first-order valence-corrected chi connectivity index (χ1v) is 6.64. The van der Waals surface area contributed by atoms with E-state index in [9.17, 15) is 9.59 Å². The van der Waals surface area contributed by atoms with Crippen LogP contribution in [-0.4, -0.2) is 28.2 Å². The van der Waals surface area contributed by atoms with Crippen LogP contribution in [0.25, 0.3) is 0 Å². The lowest BCUT2D eigenvalue weighted by molar-refractivity contribution is 0.101. The number of nitrogens with zero attached hydrogens (tertiary/aromatic N) is 3. The third-order valence-corrected chi connectivity index (χ3v) is 4.08. The molecule has 0 aliphatic carbocycles. The van der Waals surface area contributed by atoms with Crippen molar-refractivity contribution in [3.8, 4) is 0 Å². The maximum atomic E-state index is 12.3. The lowest BCUT2D eigenvalue weighted by Crippen LogP contribution is -2.30. The number of carbonyl (C=O) groups excluding carboxylic acids is 2. The Morgan fingerprint density at radius 3 is 2.65 bits per heavy atom. The number of carbonyl (C=O) groups is 2. The van der Waals surface area contributed by atoms with Crippen LogP contribution in [-0.2, 0) is 0 Å². The molecule has 2 aromatic rings. The smallest absolute Gasteiger partial charge is 0.266 e. The topological polar surface area (TPSA) is 82.9 Å². The molecule has 1 aliphatic heterocycles. The van der Waals surface area contributed by atoms with Crippen molar-refractivity contribution in [1.29, 1.82) is 0 Å². The monoisotopic (exact) mass is 307 g/mol. The Morgan fingerprint density at radius 1 is 1.35 bits per heavy atom. The summed E-state index contributed by atoms with van der Waals surface area (Å²) >= 11 is 6.82. The highest BCUT2D eigenvalue weighted by molar-refractivity contribution is 7.20. The van der Waals surface area contributed by atoms with E-state index in [0.717, 1.165) is 16.2 Å². The first-order valence-electron chi connectivity index (χ1n) is 5.44. The Balaban J connectivity index is 2.15. The summed E-state index contributed by atoms with van der Waals surface area (Å²) < 4.78 is 0.177. The molecular formula is C12H6ClN3O3S. The number of aromatic nitrogens is 1. The number of anilines is 1. The quantitative estimate of drug-likeness (QED) is 0.524. The van der Waals surface area contributed by atoms with Crippen molar-refractivity contribution in [1.82, 2.24) is 4.98 Å². The number of hydrogen-bond donors (Lipinski definition) is 1. The maximum absolute atomic E-state index is 12.3. The third-order valence-electron chi connectivity index (χ3n) is 2.81. The molecule has 0 spiro atoms. The highest BCUT2D eigenvalue weighted by Gasteiger charge is 2.37. The largest absolute Gasteiger partial charge is 0.409 e. The summed E-state index contributed by atoms with van der Waals surface area (Å²) in [5.74, 6) is -0.315. The molecule has 2 heterocycles. The second-order valence-corrected chi connectivity index (χ2v) is 5.46. The van der Waals surface area contributed by atoms with Gasteiger partial charge in [-0.15, -0.1) is 0 Å². The number of rotatable bonds is 2. The first kappa shape index (κ1) is 12.8.